The zero-order chi connectivity index (χ0) is 14.5. The second-order valence-electron chi connectivity index (χ2n) is 4.51. The summed E-state index contributed by atoms with van der Waals surface area (Å²) in [6.07, 6.45) is 0. The van der Waals surface area contributed by atoms with Crippen molar-refractivity contribution in [2.75, 3.05) is 0 Å². The standard InChI is InChI=1S/C15H15ClN2O2/c1-11(13-7-3-4-8-14(13)16)17-10-12-6-2-5-9-15(12)18(19)20/h2-9,11,17H,10H2,1H3/t11-/m1/s1. The highest BCUT2D eigenvalue weighted by molar-refractivity contribution is 6.31. The number of hydrogen-bond acceptors (Lipinski definition) is 3. The van der Waals surface area contributed by atoms with Gasteiger partial charge in [0, 0.05) is 29.2 Å². The monoisotopic (exact) mass is 290 g/mol. The lowest BCUT2D eigenvalue weighted by atomic mass is 10.1. The number of hydrogen-bond donors (Lipinski definition) is 1. The minimum atomic E-state index is -0.364. The molecule has 0 saturated carbocycles. The first-order valence-electron chi connectivity index (χ1n) is 6.29. The fraction of sp³-hybridized carbons (Fsp3) is 0.200. The predicted octanol–water partition coefficient (Wildman–Crippen LogP) is 4.10. The lowest BCUT2D eigenvalue weighted by Gasteiger charge is -2.15. The Labute approximate surface area is 122 Å². The molecule has 2 aromatic rings. The molecule has 4 nitrogen and oxygen atoms in total. The second kappa shape index (κ2) is 6.50. The van der Waals surface area contributed by atoms with E-state index in [2.05, 4.69) is 5.32 Å². The molecule has 2 rings (SSSR count). The highest BCUT2D eigenvalue weighted by Crippen LogP contribution is 2.23. The summed E-state index contributed by atoms with van der Waals surface area (Å²) in [5.74, 6) is 0. The van der Waals surface area contributed by atoms with Crippen molar-refractivity contribution in [2.45, 2.75) is 19.5 Å². The molecule has 20 heavy (non-hydrogen) atoms. The van der Waals surface area contributed by atoms with E-state index in [1.54, 1.807) is 18.2 Å². The van der Waals surface area contributed by atoms with Crippen molar-refractivity contribution in [2.24, 2.45) is 0 Å². The van der Waals surface area contributed by atoms with Crippen molar-refractivity contribution in [1.82, 2.24) is 5.32 Å². The predicted molar refractivity (Wildman–Crippen MR) is 79.8 cm³/mol. The zero-order valence-corrected chi connectivity index (χ0v) is 11.8. The van der Waals surface area contributed by atoms with E-state index in [1.807, 2.05) is 31.2 Å². The van der Waals surface area contributed by atoms with E-state index in [4.69, 9.17) is 11.6 Å². The number of para-hydroxylation sites is 1. The van der Waals surface area contributed by atoms with Crippen LogP contribution in [0.1, 0.15) is 24.1 Å². The summed E-state index contributed by atoms with van der Waals surface area (Å²) in [4.78, 5) is 10.6. The van der Waals surface area contributed by atoms with Gasteiger partial charge in [-0.05, 0) is 18.6 Å². The van der Waals surface area contributed by atoms with Crippen LogP contribution in [0.3, 0.4) is 0 Å². The summed E-state index contributed by atoms with van der Waals surface area (Å²) >= 11 is 6.13. The Morgan fingerprint density at radius 2 is 1.85 bits per heavy atom. The van der Waals surface area contributed by atoms with Crippen LogP contribution in [0.2, 0.25) is 5.02 Å². The Morgan fingerprint density at radius 3 is 2.55 bits per heavy atom. The number of halogens is 1. The normalized spacial score (nSPS) is 12.1. The highest BCUT2D eigenvalue weighted by Gasteiger charge is 2.14. The molecule has 0 bridgehead atoms. The van der Waals surface area contributed by atoms with E-state index in [0.717, 1.165) is 5.56 Å². The number of nitro groups is 1. The van der Waals surface area contributed by atoms with Crippen LogP contribution in [-0.4, -0.2) is 4.92 Å². The first kappa shape index (κ1) is 14.5. The van der Waals surface area contributed by atoms with Gasteiger partial charge >= 0.3 is 0 Å². The molecule has 5 heteroatoms. The highest BCUT2D eigenvalue weighted by atomic mass is 35.5. The van der Waals surface area contributed by atoms with Crippen LogP contribution < -0.4 is 5.32 Å². The van der Waals surface area contributed by atoms with Gasteiger partial charge in [-0.15, -0.1) is 0 Å². The van der Waals surface area contributed by atoms with Gasteiger partial charge in [-0.25, -0.2) is 0 Å². The molecule has 1 atom stereocenters. The van der Waals surface area contributed by atoms with Crippen molar-refractivity contribution in [3.63, 3.8) is 0 Å². The molecule has 0 radical (unpaired) electrons. The number of benzene rings is 2. The smallest absolute Gasteiger partial charge is 0.273 e. The second-order valence-corrected chi connectivity index (χ2v) is 4.92. The molecule has 0 aliphatic heterocycles. The van der Waals surface area contributed by atoms with Gasteiger partial charge in [-0.2, -0.15) is 0 Å². The lowest BCUT2D eigenvalue weighted by Crippen LogP contribution is -2.19. The first-order valence-corrected chi connectivity index (χ1v) is 6.67. The van der Waals surface area contributed by atoms with E-state index in [1.165, 1.54) is 6.07 Å². The summed E-state index contributed by atoms with van der Waals surface area (Å²) in [6, 6.07) is 14.3. The molecule has 0 heterocycles. The molecular weight excluding hydrogens is 276 g/mol. The topological polar surface area (TPSA) is 55.2 Å². The minimum absolute atomic E-state index is 0.0171. The van der Waals surface area contributed by atoms with E-state index >= 15 is 0 Å². The Morgan fingerprint density at radius 1 is 1.20 bits per heavy atom. The van der Waals surface area contributed by atoms with Gasteiger partial charge in [-0.3, -0.25) is 10.1 Å². The third kappa shape index (κ3) is 3.35. The Kier molecular flexibility index (Phi) is 4.71. The summed E-state index contributed by atoms with van der Waals surface area (Å²) < 4.78 is 0. The first-order chi connectivity index (χ1) is 9.59. The third-order valence-electron chi connectivity index (χ3n) is 3.16. The molecule has 0 aliphatic rings. The fourth-order valence-electron chi connectivity index (χ4n) is 2.04. The maximum atomic E-state index is 10.9. The van der Waals surface area contributed by atoms with Crippen LogP contribution in [0.5, 0.6) is 0 Å². The molecule has 0 saturated heterocycles. The van der Waals surface area contributed by atoms with E-state index in [0.29, 0.717) is 17.1 Å². The van der Waals surface area contributed by atoms with E-state index in [-0.39, 0.29) is 16.7 Å². The third-order valence-corrected chi connectivity index (χ3v) is 3.50. The van der Waals surface area contributed by atoms with E-state index in [9.17, 15) is 10.1 Å². The summed E-state index contributed by atoms with van der Waals surface area (Å²) in [6.45, 7) is 2.40. The molecule has 0 aromatic heterocycles. The van der Waals surface area contributed by atoms with Gasteiger partial charge in [0.05, 0.1) is 4.92 Å². The number of rotatable bonds is 5. The molecule has 0 fully saturated rings. The van der Waals surface area contributed by atoms with Gasteiger partial charge in [0.15, 0.2) is 0 Å². The molecule has 2 aromatic carbocycles. The van der Waals surface area contributed by atoms with E-state index < -0.39 is 0 Å². The molecule has 104 valence electrons. The van der Waals surface area contributed by atoms with Crippen LogP contribution >= 0.6 is 11.6 Å². The fourth-order valence-corrected chi connectivity index (χ4v) is 2.34. The number of nitrogens with zero attached hydrogens (tertiary/aromatic N) is 1. The lowest BCUT2D eigenvalue weighted by molar-refractivity contribution is -0.385. The molecular formula is C15H15ClN2O2. The largest absolute Gasteiger partial charge is 0.306 e. The SMILES string of the molecule is C[C@@H](NCc1ccccc1[N+](=O)[O-])c1ccccc1Cl. The summed E-state index contributed by atoms with van der Waals surface area (Å²) in [7, 11) is 0. The Balaban J connectivity index is 2.10. The molecule has 0 unspecified atom stereocenters. The maximum Gasteiger partial charge on any atom is 0.273 e. The van der Waals surface area contributed by atoms with Gasteiger partial charge in [0.2, 0.25) is 0 Å². The van der Waals surface area contributed by atoms with Gasteiger partial charge < -0.3 is 5.32 Å². The van der Waals surface area contributed by atoms with Crippen molar-refractivity contribution in [3.05, 3.63) is 74.8 Å². The van der Waals surface area contributed by atoms with Crippen LogP contribution in [-0.2, 0) is 6.54 Å². The number of nitrogens with one attached hydrogen (secondary N) is 1. The summed E-state index contributed by atoms with van der Waals surface area (Å²) in [5.41, 5.74) is 1.77. The summed E-state index contributed by atoms with van der Waals surface area (Å²) in [5, 5.41) is 14.9. The average Bonchev–Trinajstić information content (AvgIpc) is 2.45. The van der Waals surface area contributed by atoms with Crippen LogP contribution in [0.4, 0.5) is 5.69 Å². The van der Waals surface area contributed by atoms with Crippen LogP contribution in [0.25, 0.3) is 0 Å². The van der Waals surface area contributed by atoms with Gasteiger partial charge in [-0.1, -0.05) is 48.0 Å². The number of nitro benzene ring substituents is 1. The molecule has 0 aliphatic carbocycles. The average molecular weight is 291 g/mol. The zero-order valence-electron chi connectivity index (χ0n) is 11.0. The van der Waals surface area contributed by atoms with Crippen molar-refractivity contribution < 1.29 is 4.92 Å². The Bertz CT molecular complexity index is 616. The van der Waals surface area contributed by atoms with Crippen molar-refractivity contribution >= 4 is 17.3 Å². The minimum Gasteiger partial charge on any atom is -0.306 e. The molecule has 0 spiro atoms. The molecule has 0 amide bonds. The molecule has 1 N–H and O–H groups in total. The van der Waals surface area contributed by atoms with Crippen LogP contribution in [0.15, 0.2) is 48.5 Å². The van der Waals surface area contributed by atoms with Crippen molar-refractivity contribution in [3.8, 4) is 0 Å². The quantitative estimate of drug-likeness (QED) is 0.666. The van der Waals surface area contributed by atoms with Gasteiger partial charge in [0.25, 0.3) is 5.69 Å². The van der Waals surface area contributed by atoms with Crippen molar-refractivity contribution in [1.29, 1.82) is 0 Å². The van der Waals surface area contributed by atoms with Crippen LogP contribution in [0, 0.1) is 10.1 Å². The van der Waals surface area contributed by atoms with Gasteiger partial charge in [0.1, 0.15) is 0 Å². The Hall–Kier alpha value is -1.91. The maximum absolute atomic E-state index is 10.9.